The predicted octanol–water partition coefficient (Wildman–Crippen LogP) is 4.52. The molecule has 0 atom stereocenters. The summed E-state index contributed by atoms with van der Waals surface area (Å²) >= 11 is 0. The molecule has 0 radical (unpaired) electrons. The first-order valence-electron chi connectivity index (χ1n) is 10.2. The second-order valence-corrected chi connectivity index (χ2v) is 7.62. The third-order valence-corrected chi connectivity index (χ3v) is 5.33. The maximum Gasteiger partial charge on any atom is 0.297 e. The maximum atomic E-state index is 13.4. The highest BCUT2D eigenvalue weighted by Gasteiger charge is 2.21. The first-order chi connectivity index (χ1) is 15.5. The van der Waals surface area contributed by atoms with E-state index in [9.17, 15) is 9.59 Å². The molecule has 3 heterocycles. The second-order valence-electron chi connectivity index (χ2n) is 7.62. The van der Waals surface area contributed by atoms with Gasteiger partial charge in [-0.15, -0.1) is 0 Å². The molecule has 5 aromatic rings. The van der Waals surface area contributed by atoms with Crippen LogP contribution >= 0.6 is 0 Å². The lowest BCUT2D eigenvalue weighted by molar-refractivity contribution is -0.118. The lowest BCUT2D eigenvalue weighted by Crippen LogP contribution is -2.33. The largest absolute Gasteiger partial charge is 0.430 e. The van der Waals surface area contributed by atoms with Crippen molar-refractivity contribution in [1.29, 1.82) is 0 Å². The first kappa shape index (κ1) is 19.7. The minimum Gasteiger partial charge on any atom is -0.430 e. The van der Waals surface area contributed by atoms with Crippen molar-refractivity contribution in [3.63, 3.8) is 0 Å². The Morgan fingerprint density at radius 2 is 1.62 bits per heavy atom. The van der Waals surface area contributed by atoms with E-state index < -0.39 is 5.56 Å². The van der Waals surface area contributed by atoms with Crippen molar-refractivity contribution in [2.24, 2.45) is 0 Å². The van der Waals surface area contributed by atoms with Gasteiger partial charge in [0.05, 0.1) is 11.7 Å². The zero-order valence-corrected chi connectivity index (χ0v) is 17.6. The Hall–Kier alpha value is -4.26. The SMILES string of the molecule is Cc1cc(C)c2c(n1)oc1c(=O)n(CC(=O)N(c3ccccc3)c3ccccc3)cnc12. The van der Waals surface area contributed by atoms with Gasteiger partial charge in [0.25, 0.3) is 11.5 Å². The Bertz CT molecular complexity index is 1470. The van der Waals surface area contributed by atoms with Gasteiger partial charge in [-0.05, 0) is 49.7 Å². The van der Waals surface area contributed by atoms with Crippen LogP contribution in [0.15, 0.2) is 82.3 Å². The van der Waals surface area contributed by atoms with Crippen LogP contribution in [0.2, 0.25) is 0 Å². The van der Waals surface area contributed by atoms with E-state index in [1.807, 2.05) is 80.6 Å². The average Bonchev–Trinajstić information content (AvgIpc) is 3.17. The molecule has 0 unspecified atom stereocenters. The first-order valence-corrected chi connectivity index (χ1v) is 10.2. The second kappa shape index (κ2) is 7.77. The summed E-state index contributed by atoms with van der Waals surface area (Å²) in [6.45, 7) is 3.61. The van der Waals surface area contributed by atoms with E-state index in [1.165, 1.54) is 10.9 Å². The number of aromatic nitrogens is 3. The molecule has 0 aliphatic rings. The number of fused-ring (bicyclic) bond motifs is 3. The van der Waals surface area contributed by atoms with Crippen molar-refractivity contribution in [3.8, 4) is 0 Å². The number of aryl methyl sites for hydroxylation is 2. The number of pyridine rings is 1. The highest BCUT2D eigenvalue weighted by atomic mass is 16.3. The van der Waals surface area contributed by atoms with Crippen LogP contribution in [0.5, 0.6) is 0 Å². The number of benzene rings is 2. The zero-order chi connectivity index (χ0) is 22.2. The molecule has 7 heteroatoms. The van der Waals surface area contributed by atoms with Gasteiger partial charge in [-0.3, -0.25) is 19.1 Å². The van der Waals surface area contributed by atoms with E-state index in [0.29, 0.717) is 22.6 Å². The molecule has 0 bridgehead atoms. The van der Waals surface area contributed by atoms with E-state index >= 15 is 0 Å². The van der Waals surface area contributed by atoms with Crippen molar-refractivity contribution in [2.45, 2.75) is 20.4 Å². The van der Waals surface area contributed by atoms with Crippen molar-refractivity contribution in [1.82, 2.24) is 14.5 Å². The lowest BCUT2D eigenvalue weighted by Gasteiger charge is -2.23. The fraction of sp³-hybridized carbons (Fsp3) is 0.120. The van der Waals surface area contributed by atoms with Gasteiger partial charge in [0.1, 0.15) is 12.1 Å². The number of amides is 1. The topological polar surface area (TPSA) is 81.2 Å². The maximum absolute atomic E-state index is 13.4. The summed E-state index contributed by atoms with van der Waals surface area (Å²) in [6, 6.07) is 20.6. The Kier molecular flexibility index (Phi) is 4.78. The number of hydrogen-bond acceptors (Lipinski definition) is 5. The fourth-order valence-electron chi connectivity index (χ4n) is 3.92. The normalized spacial score (nSPS) is 11.2. The molecule has 1 amide bonds. The molecule has 3 aromatic heterocycles. The van der Waals surface area contributed by atoms with Gasteiger partial charge < -0.3 is 4.42 Å². The number of carbonyl (C=O) groups is 1. The Morgan fingerprint density at radius 3 is 2.25 bits per heavy atom. The van der Waals surface area contributed by atoms with Gasteiger partial charge in [0.2, 0.25) is 11.3 Å². The molecule has 0 N–H and O–H groups in total. The molecule has 2 aromatic carbocycles. The molecule has 0 aliphatic heterocycles. The van der Waals surface area contributed by atoms with Gasteiger partial charge >= 0.3 is 0 Å². The van der Waals surface area contributed by atoms with Crippen molar-refractivity contribution in [2.75, 3.05) is 4.90 Å². The Balaban J connectivity index is 1.57. The standard InChI is InChI=1S/C25H20N4O3/c1-16-13-17(2)27-24-21(16)22-23(32-24)25(31)28(15-26-22)14-20(30)29(18-9-5-3-6-10-18)19-11-7-4-8-12-19/h3-13,15H,14H2,1-2H3. The summed E-state index contributed by atoms with van der Waals surface area (Å²) in [5, 5.41) is 0.719. The van der Waals surface area contributed by atoms with Crippen molar-refractivity contribution < 1.29 is 9.21 Å². The number of para-hydroxylation sites is 2. The van der Waals surface area contributed by atoms with Crippen LogP contribution in [0, 0.1) is 13.8 Å². The molecule has 158 valence electrons. The minimum atomic E-state index is -0.417. The molecule has 0 saturated carbocycles. The van der Waals surface area contributed by atoms with E-state index in [2.05, 4.69) is 9.97 Å². The molecule has 0 aliphatic carbocycles. The minimum absolute atomic E-state index is 0.0995. The van der Waals surface area contributed by atoms with Gasteiger partial charge in [0, 0.05) is 17.1 Å². The highest BCUT2D eigenvalue weighted by Crippen LogP contribution is 2.28. The van der Waals surface area contributed by atoms with Crippen LogP contribution < -0.4 is 10.5 Å². The molecule has 0 fully saturated rings. The quantitative estimate of drug-likeness (QED) is 0.424. The van der Waals surface area contributed by atoms with Crippen LogP contribution in [0.4, 0.5) is 11.4 Å². The van der Waals surface area contributed by atoms with Gasteiger partial charge in [-0.2, -0.15) is 0 Å². The van der Waals surface area contributed by atoms with Crippen LogP contribution in [0.25, 0.3) is 22.2 Å². The van der Waals surface area contributed by atoms with Crippen LogP contribution in [-0.4, -0.2) is 20.4 Å². The molecule has 32 heavy (non-hydrogen) atoms. The van der Waals surface area contributed by atoms with Crippen molar-refractivity contribution in [3.05, 3.63) is 94.7 Å². The Labute approximate surface area is 183 Å². The van der Waals surface area contributed by atoms with Gasteiger partial charge in [-0.1, -0.05) is 36.4 Å². The van der Waals surface area contributed by atoms with E-state index in [4.69, 9.17) is 4.42 Å². The molecule has 5 rings (SSSR count). The number of nitrogens with zero attached hydrogens (tertiary/aromatic N) is 4. The molecule has 7 nitrogen and oxygen atoms in total. The summed E-state index contributed by atoms with van der Waals surface area (Å²) in [5.41, 5.74) is 3.68. The number of carbonyl (C=O) groups excluding carboxylic acids is 1. The predicted molar refractivity (Wildman–Crippen MR) is 123 cm³/mol. The summed E-state index contributed by atoms with van der Waals surface area (Å²) < 4.78 is 7.04. The number of rotatable bonds is 4. The Morgan fingerprint density at radius 1 is 1.00 bits per heavy atom. The highest BCUT2D eigenvalue weighted by molar-refractivity contribution is 6.03. The number of hydrogen-bond donors (Lipinski definition) is 0. The van der Waals surface area contributed by atoms with Crippen LogP contribution in [0.3, 0.4) is 0 Å². The monoisotopic (exact) mass is 424 g/mol. The molecule has 0 saturated heterocycles. The zero-order valence-electron chi connectivity index (χ0n) is 17.6. The summed E-state index contributed by atoms with van der Waals surface area (Å²) in [5.74, 6) is -0.271. The number of anilines is 2. The van der Waals surface area contributed by atoms with E-state index in [0.717, 1.165) is 16.6 Å². The summed E-state index contributed by atoms with van der Waals surface area (Å²) in [6.07, 6.45) is 1.39. The fourth-order valence-corrected chi connectivity index (χ4v) is 3.92. The van der Waals surface area contributed by atoms with Crippen LogP contribution in [0.1, 0.15) is 11.3 Å². The molecular formula is C25H20N4O3. The third-order valence-electron chi connectivity index (χ3n) is 5.33. The summed E-state index contributed by atoms with van der Waals surface area (Å²) in [4.78, 5) is 36.9. The third kappa shape index (κ3) is 3.33. The van der Waals surface area contributed by atoms with E-state index in [-0.39, 0.29) is 18.0 Å². The average molecular weight is 424 g/mol. The number of furan rings is 1. The summed E-state index contributed by atoms with van der Waals surface area (Å²) in [7, 11) is 0. The van der Waals surface area contributed by atoms with Crippen LogP contribution in [-0.2, 0) is 11.3 Å². The molecular weight excluding hydrogens is 404 g/mol. The van der Waals surface area contributed by atoms with Gasteiger partial charge in [0.15, 0.2) is 0 Å². The van der Waals surface area contributed by atoms with E-state index in [1.54, 1.807) is 4.90 Å². The van der Waals surface area contributed by atoms with Crippen molar-refractivity contribution >= 4 is 39.5 Å². The lowest BCUT2D eigenvalue weighted by atomic mass is 10.1. The smallest absolute Gasteiger partial charge is 0.297 e. The van der Waals surface area contributed by atoms with Gasteiger partial charge in [-0.25, -0.2) is 9.97 Å². The molecule has 0 spiro atoms.